The van der Waals surface area contributed by atoms with E-state index in [1.807, 2.05) is 30.7 Å². The number of aliphatic imine (C=N–C) groups is 1. The van der Waals surface area contributed by atoms with Gasteiger partial charge in [0.2, 0.25) is 0 Å². The van der Waals surface area contributed by atoms with Crippen molar-refractivity contribution in [2.24, 2.45) is 4.99 Å². The van der Waals surface area contributed by atoms with E-state index in [2.05, 4.69) is 40.8 Å². The highest BCUT2D eigenvalue weighted by molar-refractivity contribution is 7.08. The van der Waals surface area contributed by atoms with Crippen LogP contribution >= 0.6 is 11.3 Å². The Kier molecular flexibility index (Phi) is 6.39. The first-order valence-corrected chi connectivity index (χ1v) is 10.5. The molecule has 146 valence electrons. The number of thiophene rings is 1. The Balaban J connectivity index is 1.65. The highest BCUT2D eigenvalue weighted by atomic mass is 32.1. The van der Waals surface area contributed by atoms with E-state index >= 15 is 0 Å². The maximum absolute atomic E-state index is 10.7. The summed E-state index contributed by atoms with van der Waals surface area (Å²) in [5.41, 5.74) is 3.97. The van der Waals surface area contributed by atoms with Gasteiger partial charge in [-0.15, -0.1) is 0 Å². The Morgan fingerprint density at radius 1 is 1.33 bits per heavy atom. The topological polar surface area (TPSA) is 59.9 Å². The normalized spacial score (nSPS) is 16.6. The zero-order chi connectivity index (χ0) is 19.3. The largest absolute Gasteiger partial charge is 0.384 e. The molecule has 0 bridgehead atoms. The molecular formula is C21H30N4OS. The van der Waals surface area contributed by atoms with Gasteiger partial charge in [-0.3, -0.25) is 0 Å². The van der Waals surface area contributed by atoms with E-state index in [-0.39, 0.29) is 0 Å². The predicted molar refractivity (Wildman–Crippen MR) is 115 cm³/mol. The summed E-state index contributed by atoms with van der Waals surface area (Å²) < 4.78 is 0. The molecular weight excluding hydrogens is 356 g/mol. The lowest BCUT2D eigenvalue weighted by Crippen LogP contribution is -2.44. The number of anilines is 1. The minimum absolute atomic E-state index is 0.407. The molecule has 0 saturated heterocycles. The Morgan fingerprint density at radius 3 is 2.93 bits per heavy atom. The second-order valence-corrected chi connectivity index (χ2v) is 8.10. The monoisotopic (exact) mass is 386 g/mol. The molecule has 1 aromatic heterocycles. The molecule has 1 aliphatic rings. The summed E-state index contributed by atoms with van der Waals surface area (Å²) in [6.07, 6.45) is 2.34. The molecule has 27 heavy (non-hydrogen) atoms. The number of fused-ring (bicyclic) bond motifs is 1. The fourth-order valence-corrected chi connectivity index (χ4v) is 4.16. The van der Waals surface area contributed by atoms with Crippen LogP contribution in [0, 0.1) is 0 Å². The van der Waals surface area contributed by atoms with Crippen LogP contribution < -0.4 is 15.5 Å². The van der Waals surface area contributed by atoms with Gasteiger partial charge >= 0.3 is 0 Å². The molecule has 0 aliphatic carbocycles. The lowest BCUT2D eigenvalue weighted by molar-refractivity contribution is 0.0621. The van der Waals surface area contributed by atoms with Gasteiger partial charge in [0.05, 0.1) is 13.1 Å². The molecule has 5 nitrogen and oxygen atoms in total. The third-order valence-electron chi connectivity index (χ3n) is 5.00. The number of nitrogens with one attached hydrogen (secondary N) is 2. The summed E-state index contributed by atoms with van der Waals surface area (Å²) in [5, 5.41) is 21.2. The quantitative estimate of drug-likeness (QED) is 0.527. The Labute approximate surface area is 166 Å². The zero-order valence-electron chi connectivity index (χ0n) is 16.5. The predicted octanol–water partition coefficient (Wildman–Crippen LogP) is 3.09. The van der Waals surface area contributed by atoms with E-state index in [1.165, 1.54) is 23.2 Å². The van der Waals surface area contributed by atoms with Gasteiger partial charge in [0.15, 0.2) is 5.96 Å². The molecule has 0 fully saturated rings. The molecule has 3 N–H and O–H groups in total. The number of aryl methyl sites for hydroxylation is 1. The van der Waals surface area contributed by atoms with Gasteiger partial charge in [-0.1, -0.05) is 12.1 Å². The second kappa shape index (κ2) is 8.76. The van der Waals surface area contributed by atoms with Crippen LogP contribution in [-0.2, 0) is 18.6 Å². The smallest absolute Gasteiger partial charge is 0.191 e. The summed E-state index contributed by atoms with van der Waals surface area (Å²) in [4.78, 5) is 7.03. The van der Waals surface area contributed by atoms with E-state index in [4.69, 9.17) is 4.99 Å². The molecule has 2 heterocycles. The van der Waals surface area contributed by atoms with Gasteiger partial charge in [0.25, 0.3) is 0 Å². The van der Waals surface area contributed by atoms with Crippen LogP contribution in [-0.4, -0.2) is 37.7 Å². The maximum atomic E-state index is 10.7. The zero-order valence-corrected chi connectivity index (χ0v) is 17.3. The average molecular weight is 387 g/mol. The Hall–Kier alpha value is -2.05. The highest BCUT2D eigenvalue weighted by Crippen LogP contribution is 2.27. The van der Waals surface area contributed by atoms with Crippen LogP contribution in [0.2, 0.25) is 0 Å². The van der Waals surface area contributed by atoms with E-state index in [0.29, 0.717) is 13.1 Å². The van der Waals surface area contributed by atoms with Crippen molar-refractivity contribution >= 4 is 23.0 Å². The van der Waals surface area contributed by atoms with Gasteiger partial charge in [0.1, 0.15) is 5.60 Å². The van der Waals surface area contributed by atoms with Crippen LogP contribution in [0.5, 0.6) is 0 Å². The van der Waals surface area contributed by atoms with Crippen molar-refractivity contribution in [3.63, 3.8) is 0 Å². The molecule has 3 rings (SSSR count). The standard InChI is InChI=1S/C21H30N4OS/c1-4-22-20(24-15-21(2,26)18-9-11-27-14-18)23-13-16-7-8-19-17(12-16)6-5-10-25(19)3/h7-9,11-12,14,26H,4-6,10,13,15H2,1-3H3,(H2,22,23,24). The van der Waals surface area contributed by atoms with Crippen LogP contribution in [0.15, 0.2) is 40.0 Å². The molecule has 0 amide bonds. The van der Waals surface area contributed by atoms with Gasteiger partial charge in [0, 0.05) is 25.8 Å². The van der Waals surface area contributed by atoms with Gasteiger partial charge < -0.3 is 20.6 Å². The first-order chi connectivity index (χ1) is 13.0. The summed E-state index contributed by atoms with van der Waals surface area (Å²) in [6.45, 7) is 6.80. The lowest BCUT2D eigenvalue weighted by atomic mass is 9.99. The van der Waals surface area contributed by atoms with Crippen molar-refractivity contribution in [3.05, 3.63) is 51.7 Å². The third-order valence-corrected chi connectivity index (χ3v) is 5.69. The number of hydrogen-bond acceptors (Lipinski definition) is 4. The molecule has 1 atom stereocenters. The van der Waals surface area contributed by atoms with Crippen molar-refractivity contribution in [2.45, 2.75) is 38.8 Å². The molecule has 0 saturated carbocycles. The summed E-state index contributed by atoms with van der Waals surface area (Å²) >= 11 is 1.59. The second-order valence-electron chi connectivity index (χ2n) is 7.32. The van der Waals surface area contributed by atoms with Crippen molar-refractivity contribution in [1.82, 2.24) is 10.6 Å². The van der Waals surface area contributed by atoms with Gasteiger partial charge in [-0.2, -0.15) is 11.3 Å². The molecule has 1 aliphatic heterocycles. The van der Waals surface area contributed by atoms with E-state index in [0.717, 1.165) is 31.0 Å². The number of guanidine groups is 1. The lowest BCUT2D eigenvalue weighted by Gasteiger charge is -2.27. The minimum atomic E-state index is -0.924. The van der Waals surface area contributed by atoms with Crippen molar-refractivity contribution in [3.8, 4) is 0 Å². The number of aliphatic hydroxyl groups is 1. The third kappa shape index (κ3) is 5.02. The Bertz CT molecular complexity index is 770. The molecule has 0 spiro atoms. The summed E-state index contributed by atoms with van der Waals surface area (Å²) in [6, 6.07) is 8.61. The maximum Gasteiger partial charge on any atom is 0.191 e. The molecule has 0 radical (unpaired) electrons. The van der Waals surface area contributed by atoms with Crippen LogP contribution in [0.25, 0.3) is 0 Å². The molecule has 2 aromatic rings. The van der Waals surface area contributed by atoms with Gasteiger partial charge in [-0.05, 0) is 66.3 Å². The van der Waals surface area contributed by atoms with E-state index < -0.39 is 5.60 Å². The fourth-order valence-electron chi connectivity index (χ4n) is 3.38. The average Bonchev–Trinajstić information content (AvgIpc) is 3.20. The van der Waals surface area contributed by atoms with Crippen LogP contribution in [0.1, 0.15) is 37.0 Å². The number of benzene rings is 1. The Morgan fingerprint density at radius 2 is 2.19 bits per heavy atom. The van der Waals surface area contributed by atoms with Crippen molar-refractivity contribution in [1.29, 1.82) is 0 Å². The van der Waals surface area contributed by atoms with Crippen LogP contribution in [0.3, 0.4) is 0 Å². The highest BCUT2D eigenvalue weighted by Gasteiger charge is 2.23. The first kappa shape index (κ1) is 19.7. The van der Waals surface area contributed by atoms with Gasteiger partial charge in [-0.25, -0.2) is 4.99 Å². The van der Waals surface area contributed by atoms with Crippen LogP contribution in [0.4, 0.5) is 5.69 Å². The number of nitrogens with zero attached hydrogens (tertiary/aromatic N) is 2. The van der Waals surface area contributed by atoms with E-state index in [9.17, 15) is 5.11 Å². The summed E-state index contributed by atoms with van der Waals surface area (Å²) in [7, 11) is 2.16. The van der Waals surface area contributed by atoms with Crippen molar-refractivity contribution in [2.75, 3.05) is 31.6 Å². The first-order valence-electron chi connectivity index (χ1n) is 9.60. The van der Waals surface area contributed by atoms with E-state index in [1.54, 1.807) is 11.3 Å². The number of hydrogen-bond donors (Lipinski definition) is 3. The minimum Gasteiger partial charge on any atom is -0.384 e. The summed E-state index contributed by atoms with van der Waals surface area (Å²) in [5.74, 6) is 0.725. The van der Waals surface area contributed by atoms with Crippen molar-refractivity contribution < 1.29 is 5.11 Å². The number of rotatable bonds is 6. The molecule has 1 unspecified atom stereocenters. The SMILES string of the molecule is CCNC(=NCc1ccc2c(c1)CCCN2C)NCC(C)(O)c1ccsc1. The fraction of sp³-hybridized carbons (Fsp3) is 0.476. The molecule has 1 aromatic carbocycles. The molecule has 6 heteroatoms.